The van der Waals surface area contributed by atoms with Crippen LogP contribution in [-0.2, 0) is 11.4 Å². The number of allylic oxidation sites excluding steroid dienone is 1. The molecule has 0 spiro atoms. The average molecular weight is 625 g/mol. The van der Waals surface area contributed by atoms with Crippen molar-refractivity contribution in [1.82, 2.24) is 0 Å². The molecule has 0 bridgehead atoms. The Kier molecular flexibility index (Phi) is 9.50. The summed E-state index contributed by atoms with van der Waals surface area (Å²) in [5, 5.41) is 10.7. The lowest BCUT2D eigenvalue weighted by molar-refractivity contribution is -0.141. The van der Waals surface area contributed by atoms with Gasteiger partial charge in [0.2, 0.25) is 5.88 Å². The van der Waals surface area contributed by atoms with Crippen LogP contribution in [0.15, 0.2) is 96.4 Å². The Labute approximate surface area is 267 Å². The summed E-state index contributed by atoms with van der Waals surface area (Å²) in [5.74, 6) is 1.43. The number of hydrogen-bond acceptors (Lipinski definition) is 8. The lowest BCUT2D eigenvalue weighted by Gasteiger charge is -2.27. The van der Waals surface area contributed by atoms with Crippen molar-refractivity contribution in [2.45, 2.75) is 45.3 Å². The lowest BCUT2D eigenvalue weighted by Crippen LogP contribution is -2.28. The topological polar surface area (TPSA) is 113 Å². The number of methoxy groups -OCH3 is 1. The first kappa shape index (κ1) is 31.3. The number of nitriles is 1. The van der Waals surface area contributed by atoms with Gasteiger partial charge in [-0.25, -0.2) is 4.79 Å². The van der Waals surface area contributed by atoms with Gasteiger partial charge in [0.05, 0.1) is 13.0 Å². The fourth-order valence-corrected chi connectivity index (χ4v) is 5.08. The van der Waals surface area contributed by atoms with E-state index in [-0.39, 0.29) is 17.2 Å². The fraction of sp³-hybridized carbons (Fsp3) is 0.222. The van der Waals surface area contributed by atoms with Crippen LogP contribution in [0.4, 0.5) is 0 Å². The molecule has 2 unspecified atom stereocenters. The molecule has 0 fully saturated rings. The van der Waals surface area contributed by atoms with Crippen LogP contribution in [0.1, 0.15) is 54.9 Å². The second-order valence-electron chi connectivity index (χ2n) is 10.9. The molecular formula is C36H33ClN2O6. The highest BCUT2D eigenvalue weighted by Gasteiger charge is 2.32. The van der Waals surface area contributed by atoms with Gasteiger partial charge in [0, 0.05) is 16.7 Å². The SMILES string of the molecule is COc1cc(C2C(C#N)=C(N)Oc3cc(OC(=O)C(C)Oc4ccc(C(C)C)cc4)ccc32)ccc1OCc1ccc(Cl)cc1. The molecule has 0 saturated carbocycles. The van der Waals surface area contributed by atoms with Gasteiger partial charge in [-0.2, -0.15) is 5.26 Å². The van der Waals surface area contributed by atoms with Crippen molar-refractivity contribution in [3.63, 3.8) is 0 Å². The first-order valence-electron chi connectivity index (χ1n) is 14.4. The predicted octanol–water partition coefficient (Wildman–Crippen LogP) is 7.64. The molecule has 2 N–H and O–H groups in total. The van der Waals surface area contributed by atoms with Gasteiger partial charge < -0.3 is 29.4 Å². The van der Waals surface area contributed by atoms with Gasteiger partial charge in [0.25, 0.3) is 0 Å². The van der Waals surface area contributed by atoms with Crippen LogP contribution >= 0.6 is 11.6 Å². The highest BCUT2D eigenvalue weighted by atomic mass is 35.5. The third-order valence-corrected chi connectivity index (χ3v) is 7.68. The van der Waals surface area contributed by atoms with E-state index in [4.69, 9.17) is 41.0 Å². The molecule has 1 aliphatic rings. The summed E-state index contributed by atoms with van der Waals surface area (Å²) in [7, 11) is 1.55. The van der Waals surface area contributed by atoms with Gasteiger partial charge in [-0.05, 0) is 72.0 Å². The highest BCUT2D eigenvalue weighted by Crippen LogP contribution is 2.45. The number of rotatable bonds is 10. The normalized spacial score (nSPS) is 14.6. The lowest BCUT2D eigenvalue weighted by atomic mass is 9.83. The molecule has 1 aliphatic heterocycles. The summed E-state index contributed by atoms with van der Waals surface area (Å²) < 4.78 is 28.9. The number of benzene rings is 4. The summed E-state index contributed by atoms with van der Waals surface area (Å²) in [6.45, 7) is 6.16. The van der Waals surface area contributed by atoms with E-state index in [0.717, 1.165) is 11.1 Å². The molecule has 0 aliphatic carbocycles. The van der Waals surface area contributed by atoms with Crippen molar-refractivity contribution < 1.29 is 28.5 Å². The molecule has 9 heteroatoms. The fourth-order valence-electron chi connectivity index (χ4n) is 4.95. The molecule has 5 rings (SSSR count). The summed E-state index contributed by atoms with van der Waals surface area (Å²) in [6, 6.07) is 27.6. The van der Waals surface area contributed by atoms with Crippen molar-refractivity contribution in [2.75, 3.05) is 7.11 Å². The first-order chi connectivity index (χ1) is 21.7. The minimum atomic E-state index is -0.859. The maximum Gasteiger partial charge on any atom is 0.352 e. The Balaban J connectivity index is 1.34. The second-order valence-corrected chi connectivity index (χ2v) is 11.3. The number of esters is 1. The molecule has 0 amide bonds. The maximum absolute atomic E-state index is 12.9. The number of carbonyl (C=O) groups is 1. The Morgan fingerprint density at radius 1 is 0.956 bits per heavy atom. The quantitative estimate of drug-likeness (QED) is 0.141. The standard InChI is InChI=1S/C36H33ClN2O6/c1-21(2)24-7-12-27(13-8-24)43-22(3)36(40)44-28-14-15-29-32(18-28)45-35(39)30(19-38)34(29)25-9-16-31(33(17-25)41-4)42-20-23-5-10-26(37)11-6-23/h5-18,21-22,34H,20,39H2,1-4H3. The van der Waals surface area contributed by atoms with Gasteiger partial charge in [-0.1, -0.05) is 61.8 Å². The number of nitrogens with two attached hydrogens (primary N) is 1. The molecular weight excluding hydrogens is 592 g/mol. The molecule has 8 nitrogen and oxygen atoms in total. The number of fused-ring (bicyclic) bond motifs is 1. The number of ether oxygens (including phenoxy) is 5. The molecule has 230 valence electrons. The van der Waals surface area contributed by atoms with Crippen molar-refractivity contribution in [2.24, 2.45) is 5.73 Å². The molecule has 0 radical (unpaired) electrons. The van der Waals surface area contributed by atoms with E-state index in [2.05, 4.69) is 19.9 Å². The van der Waals surface area contributed by atoms with E-state index in [1.165, 1.54) is 5.56 Å². The molecule has 45 heavy (non-hydrogen) atoms. The van der Waals surface area contributed by atoms with Crippen LogP contribution in [0, 0.1) is 11.3 Å². The van der Waals surface area contributed by atoms with E-state index >= 15 is 0 Å². The van der Waals surface area contributed by atoms with Crippen LogP contribution in [0.3, 0.4) is 0 Å². The largest absolute Gasteiger partial charge is 0.493 e. The zero-order valence-electron chi connectivity index (χ0n) is 25.4. The predicted molar refractivity (Wildman–Crippen MR) is 171 cm³/mol. The van der Waals surface area contributed by atoms with E-state index in [9.17, 15) is 10.1 Å². The van der Waals surface area contributed by atoms with Gasteiger partial charge >= 0.3 is 5.97 Å². The van der Waals surface area contributed by atoms with Crippen molar-refractivity contribution in [3.8, 4) is 34.8 Å². The summed E-state index contributed by atoms with van der Waals surface area (Å²) >= 11 is 5.99. The van der Waals surface area contributed by atoms with Gasteiger partial charge in [-0.3, -0.25) is 0 Å². The zero-order valence-corrected chi connectivity index (χ0v) is 26.1. The van der Waals surface area contributed by atoms with Crippen LogP contribution in [-0.4, -0.2) is 19.2 Å². The van der Waals surface area contributed by atoms with Gasteiger partial charge in [0.1, 0.15) is 35.5 Å². The van der Waals surface area contributed by atoms with E-state index in [1.807, 2.05) is 48.5 Å². The maximum atomic E-state index is 12.9. The molecule has 4 aromatic carbocycles. The minimum Gasteiger partial charge on any atom is -0.493 e. The molecule has 4 aromatic rings. The number of halogens is 1. The zero-order chi connectivity index (χ0) is 32.1. The van der Waals surface area contributed by atoms with Crippen LogP contribution in [0.2, 0.25) is 5.02 Å². The van der Waals surface area contributed by atoms with Crippen LogP contribution in [0.25, 0.3) is 0 Å². The van der Waals surface area contributed by atoms with Crippen molar-refractivity contribution in [3.05, 3.63) is 124 Å². The monoisotopic (exact) mass is 624 g/mol. The third kappa shape index (κ3) is 7.17. The van der Waals surface area contributed by atoms with Crippen LogP contribution < -0.4 is 29.4 Å². The Morgan fingerprint density at radius 3 is 2.33 bits per heavy atom. The number of carbonyl (C=O) groups excluding carboxylic acids is 1. The molecule has 0 saturated heterocycles. The van der Waals surface area contributed by atoms with E-state index < -0.39 is 18.0 Å². The molecule has 0 aromatic heterocycles. The Bertz CT molecular complexity index is 1760. The molecule has 1 heterocycles. The number of nitrogens with zero attached hydrogens (tertiary/aromatic N) is 1. The summed E-state index contributed by atoms with van der Waals surface area (Å²) in [4.78, 5) is 12.9. The third-order valence-electron chi connectivity index (χ3n) is 7.43. The number of hydrogen-bond donors (Lipinski definition) is 1. The molecule has 2 atom stereocenters. The van der Waals surface area contributed by atoms with E-state index in [1.54, 1.807) is 50.4 Å². The summed E-state index contributed by atoms with van der Waals surface area (Å²) in [6.07, 6.45) is -0.859. The van der Waals surface area contributed by atoms with E-state index in [0.29, 0.717) is 46.1 Å². The summed E-state index contributed by atoms with van der Waals surface area (Å²) in [5.41, 5.74) is 9.99. The first-order valence-corrected chi connectivity index (χ1v) is 14.8. The van der Waals surface area contributed by atoms with Crippen molar-refractivity contribution in [1.29, 1.82) is 5.26 Å². The van der Waals surface area contributed by atoms with Gasteiger partial charge in [0.15, 0.2) is 17.6 Å². The van der Waals surface area contributed by atoms with Crippen LogP contribution in [0.5, 0.6) is 28.7 Å². The smallest absolute Gasteiger partial charge is 0.352 e. The van der Waals surface area contributed by atoms with Gasteiger partial charge in [-0.15, -0.1) is 0 Å². The minimum absolute atomic E-state index is 0.0398. The average Bonchev–Trinajstić information content (AvgIpc) is 3.04. The Morgan fingerprint density at radius 2 is 1.67 bits per heavy atom. The van der Waals surface area contributed by atoms with Crippen molar-refractivity contribution >= 4 is 17.6 Å². The second kappa shape index (κ2) is 13.7. The highest BCUT2D eigenvalue weighted by molar-refractivity contribution is 6.30. The Hall–Kier alpha value is -5.13.